The first-order valence-electron chi connectivity index (χ1n) is 9.49. The molecule has 1 aliphatic heterocycles. The highest BCUT2D eigenvalue weighted by molar-refractivity contribution is 7.22. The van der Waals surface area contributed by atoms with Gasteiger partial charge in [-0.15, -0.1) is 11.3 Å². The summed E-state index contributed by atoms with van der Waals surface area (Å²) in [4.78, 5) is 28.1. The second kappa shape index (κ2) is 7.00. The Balaban J connectivity index is 1.39. The lowest BCUT2D eigenvalue weighted by Crippen LogP contribution is -2.36. The van der Waals surface area contributed by atoms with E-state index in [0.29, 0.717) is 5.82 Å². The molecule has 4 aromatic heterocycles. The number of nitrogens with zero attached hydrogens (tertiary/aromatic N) is 3. The minimum absolute atomic E-state index is 0.0695. The zero-order valence-corrected chi connectivity index (χ0v) is 16.4. The SMILES string of the molecule is CN1CCC(C(=O)Nc2ccc3c(-c4cc5ccncc5s4)c[nH]c3n2)CC1. The molecule has 0 spiro atoms. The molecule has 1 fully saturated rings. The van der Waals surface area contributed by atoms with Crippen LogP contribution < -0.4 is 5.32 Å². The Morgan fingerprint density at radius 1 is 1.29 bits per heavy atom. The van der Waals surface area contributed by atoms with Crippen LogP contribution in [0.1, 0.15) is 12.8 Å². The zero-order chi connectivity index (χ0) is 19.1. The van der Waals surface area contributed by atoms with Gasteiger partial charge in [-0.3, -0.25) is 9.78 Å². The lowest BCUT2D eigenvalue weighted by molar-refractivity contribution is -0.121. The Morgan fingerprint density at radius 2 is 2.14 bits per heavy atom. The van der Waals surface area contributed by atoms with Gasteiger partial charge in [0.15, 0.2) is 0 Å². The van der Waals surface area contributed by atoms with Crippen molar-refractivity contribution in [2.24, 2.45) is 5.92 Å². The smallest absolute Gasteiger partial charge is 0.228 e. The van der Waals surface area contributed by atoms with Crippen LogP contribution in [0, 0.1) is 5.92 Å². The van der Waals surface area contributed by atoms with Crippen molar-refractivity contribution < 1.29 is 4.79 Å². The second-order valence-electron chi connectivity index (χ2n) is 7.39. The first-order valence-corrected chi connectivity index (χ1v) is 10.3. The molecule has 1 amide bonds. The number of amides is 1. The first-order chi connectivity index (χ1) is 13.7. The molecular formula is C21H21N5OS. The van der Waals surface area contributed by atoms with Crippen LogP contribution >= 0.6 is 11.3 Å². The van der Waals surface area contributed by atoms with Gasteiger partial charge in [0, 0.05) is 40.3 Å². The van der Waals surface area contributed by atoms with Gasteiger partial charge >= 0.3 is 0 Å². The predicted octanol–water partition coefficient (Wildman–Crippen LogP) is 4.12. The number of piperidine rings is 1. The monoisotopic (exact) mass is 391 g/mol. The molecule has 7 heteroatoms. The number of hydrogen-bond donors (Lipinski definition) is 2. The lowest BCUT2D eigenvalue weighted by Gasteiger charge is -2.27. The first kappa shape index (κ1) is 17.3. The molecule has 5 rings (SSSR count). The third kappa shape index (κ3) is 3.16. The summed E-state index contributed by atoms with van der Waals surface area (Å²) in [7, 11) is 2.10. The molecule has 0 aliphatic carbocycles. The highest BCUT2D eigenvalue weighted by atomic mass is 32.1. The fraction of sp³-hybridized carbons (Fsp3) is 0.286. The van der Waals surface area contributed by atoms with Crippen LogP contribution in [0.3, 0.4) is 0 Å². The summed E-state index contributed by atoms with van der Waals surface area (Å²) in [6.45, 7) is 1.93. The molecular weight excluding hydrogens is 370 g/mol. The van der Waals surface area contributed by atoms with E-state index in [4.69, 9.17) is 0 Å². The van der Waals surface area contributed by atoms with Crippen LogP contribution in [0.15, 0.2) is 42.9 Å². The van der Waals surface area contributed by atoms with Gasteiger partial charge in [0.1, 0.15) is 11.5 Å². The summed E-state index contributed by atoms with van der Waals surface area (Å²) in [6, 6.07) is 8.13. The molecule has 0 aromatic carbocycles. The number of rotatable bonds is 3. The Labute approximate surface area is 166 Å². The van der Waals surface area contributed by atoms with E-state index in [-0.39, 0.29) is 11.8 Å². The predicted molar refractivity (Wildman–Crippen MR) is 114 cm³/mol. The van der Waals surface area contributed by atoms with Crippen molar-refractivity contribution in [3.63, 3.8) is 0 Å². The van der Waals surface area contributed by atoms with E-state index in [1.807, 2.05) is 36.8 Å². The van der Waals surface area contributed by atoms with Crippen molar-refractivity contribution in [3.05, 3.63) is 42.9 Å². The number of carbonyl (C=O) groups is 1. The molecule has 6 nitrogen and oxygen atoms in total. The van der Waals surface area contributed by atoms with Gasteiger partial charge in [-0.1, -0.05) is 0 Å². The minimum Gasteiger partial charge on any atom is -0.345 e. The van der Waals surface area contributed by atoms with Crippen LogP contribution in [0.2, 0.25) is 0 Å². The van der Waals surface area contributed by atoms with Crippen molar-refractivity contribution in [1.29, 1.82) is 0 Å². The summed E-state index contributed by atoms with van der Waals surface area (Å²) in [5.41, 5.74) is 1.91. The van der Waals surface area contributed by atoms with Gasteiger partial charge in [-0.25, -0.2) is 4.98 Å². The molecule has 0 unspecified atom stereocenters. The third-order valence-corrected chi connectivity index (χ3v) is 6.59. The van der Waals surface area contributed by atoms with Gasteiger partial charge in [-0.05, 0) is 62.6 Å². The van der Waals surface area contributed by atoms with Gasteiger partial charge in [-0.2, -0.15) is 0 Å². The molecule has 28 heavy (non-hydrogen) atoms. The normalized spacial score (nSPS) is 16.0. The molecule has 0 atom stereocenters. The Kier molecular flexibility index (Phi) is 4.33. The van der Waals surface area contributed by atoms with Crippen molar-refractivity contribution in [2.45, 2.75) is 12.8 Å². The number of carbonyl (C=O) groups excluding carboxylic acids is 1. The van der Waals surface area contributed by atoms with Crippen molar-refractivity contribution in [2.75, 3.05) is 25.5 Å². The molecule has 142 valence electrons. The van der Waals surface area contributed by atoms with Gasteiger partial charge in [0.25, 0.3) is 0 Å². The zero-order valence-electron chi connectivity index (χ0n) is 15.6. The van der Waals surface area contributed by atoms with Crippen molar-refractivity contribution in [3.8, 4) is 10.4 Å². The summed E-state index contributed by atoms with van der Waals surface area (Å²) in [5.74, 6) is 0.745. The van der Waals surface area contributed by atoms with E-state index in [2.05, 4.69) is 38.3 Å². The van der Waals surface area contributed by atoms with Gasteiger partial charge in [0.05, 0.1) is 4.70 Å². The van der Waals surface area contributed by atoms with Gasteiger partial charge < -0.3 is 15.2 Å². The summed E-state index contributed by atoms with van der Waals surface area (Å²) >= 11 is 1.72. The summed E-state index contributed by atoms with van der Waals surface area (Å²) in [5, 5.41) is 5.24. The van der Waals surface area contributed by atoms with Crippen molar-refractivity contribution >= 4 is 44.2 Å². The van der Waals surface area contributed by atoms with E-state index in [0.717, 1.165) is 42.5 Å². The van der Waals surface area contributed by atoms with E-state index >= 15 is 0 Å². The quantitative estimate of drug-likeness (QED) is 0.551. The Bertz CT molecular complexity index is 1120. The number of nitrogens with one attached hydrogen (secondary N) is 2. The number of H-pyrrole nitrogens is 1. The number of thiophene rings is 1. The van der Waals surface area contributed by atoms with Crippen molar-refractivity contribution in [1.82, 2.24) is 19.9 Å². The topological polar surface area (TPSA) is 73.9 Å². The molecule has 0 radical (unpaired) electrons. The summed E-state index contributed by atoms with van der Waals surface area (Å²) < 4.78 is 1.17. The standard InChI is InChI=1S/C21H21N5OS/c1-26-8-5-13(6-9-26)21(27)25-19-3-2-15-16(11-23-20(15)24-19)17-10-14-4-7-22-12-18(14)28-17/h2-4,7,10-13H,5-6,8-9H2,1H3,(H2,23,24,25,27). The highest BCUT2D eigenvalue weighted by Crippen LogP contribution is 2.36. The lowest BCUT2D eigenvalue weighted by atomic mass is 9.96. The largest absolute Gasteiger partial charge is 0.345 e. The Morgan fingerprint density at radius 3 is 2.96 bits per heavy atom. The van der Waals surface area contributed by atoms with E-state index in [1.54, 1.807) is 11.3 Å². The average molecular weight is 392 g/mol. The third-order valence-electron chi connectivity index (χ3n) is 5.47. The maximum absolute atomic E-state index is 12.6. The van der Waals surface area contributed by atoms with E-state index in [1.165, 1.54) is 15.0 Å². The number of aromatic nitrogens is 3. The molecule has 0 saturated carbocycles. The number of hydrogen-bond acceptors (Lipinski definition) is 5. The molecule has 1 aliphatic rings. The van der Waals surface area contributed by atoms with Crippen LogP contribution in [0.25, 0.3) is 31.6 Å². The Hall–Kier alpha value is -2.77. The number of aromatic amines is 1. The highest BCUT2D eigenvalue weighted by Gasteiger charge is 2.23. The number of fused-ring (bicyclic) bond motifs is 2. The van der Waals surface area contributed by atoms with Crippen LogP contribution in [-0.4, -0.2) is 45.9 Å². The maximum atomic E-state index is 12.6. The second-order valence-corrected chi connectivity index (χ2v) is 8.47. The molecule has 5 heterocycles. The number of anilines is 1. The number of pyridine rings is 2. The fourth-order valence-corrected chi connectivity index (χ4v) is 4.85. The number of likely N-dealkylation sites (tertiary alicyclic amines) is 1. The fourth-order valence-electron chi connectivity index (χ4n) is 3.79. The minimum atomic E-state index is 0.0695. The van der Waals surface area contributed by atoms with Crippen LogP contribution in [0.4, 0.5) is 5.82 Å². The van der Waals surface area contributed by atoms with E-state index < -0.39 is 0 Å². The maximum Gasteiger partial charge on any atom is 0.228 e. The average Bonchev–Trinajstić information content (AvgIpc) is 3.31. The molecule has 4 aromatic rings. The molecule has 2 N–H and O–H groups in total. The molecule has 1 saturated heterocycles. The molecule has 0 bridgehead atoms. The summed E-state index contributed by atoms with van der Waals surface area (Å²) in [6.07, 6.45) is 7.50. The van der Waals surface area contributed by atoms with Crippen LogP contribution in [0.5, 0.6) is 0 Å². The van der Waals surface area contributed by atoms with Crippen LogP contribution in [-0.2, 0) is 4.79 Å². The van der Waals surface area contributed by atoms with E-state index in [9.17, 15) is 4.79 Å². The van der Waals surface area contributed by atoms with Gasteiger partial charge in [0.2, 0.25) is 5.91 Å².